The fourth-order valence-corrected chi connectivity index (χ4v) is 5.84. The molecule has 0 radical (unpaired) electrons. The van der Waals surface area contributed by atoms with Gasteiger partial charge in [-0.1, -0.05) is 18.2 Å². The number of aryl methyl sites for hydroxylation is 2. The lowest BCUT2D eigenvalue weighted by Gasteiger charge is -2.29. The molecular formula is C33H31N3O4. The Kier molecular flexibility index (Phi) is 6.27. The largest absolute Gasteiger partial charge is 0.493 e. The van der Waals surface area contributed by atoms with Gasteiger partial charge in [-0.2, -0.15) is 0 Å². The van der Waals surface area contributed by atoms with Gasteiger partial charge in [0.15, 0.2) is 6.10 Å². The van der Waals surface area contributed by atoms with Gasteiger partial charge < -0.3 is 14.6 Å². The zero-order chi connectivity index (χ0) is 28.2. The first kappa shape index (κ1) is 25.9. The highest BCUT2D eigenvalue weighted by Crippen LogP contribution is 2.46. The predicted octanol–water partition coefficient (Wildman–Crippen LogP) is 7.00. The molecule has 202 valence electrons. The highest BCUT2D eigenvalue weighted by Gasteiger charge is 2.33. The van der Waals surface area contributed by atoms with Crippen LogP contribution in [0.25, 0.3) is 43.9 Å². The Balaban J connectivity index is 1.73. The van der Waals surface area contributed by atoms with E-state index in [1.807, 2.05) is 52.1 Å². The van der Waals surface area contributed by atoms with Crippen LogP contribution in [-0.4, -0.2) is 38.2 Å². The maximum Gasteiger partial charge on any atom is 0.337 e. The molecule has 1 aliphatic heterocycles. The topological polar surface area (TPSA) is 94.4 Å². The summed E-state index contributed by atoms with van der Waals surface area (Å²) in [5.74, 6) is -0.234. The molecule has 7 heteroatoms. The summed E-state index contributed by atoms with van der Waals surface area (Å²) in [4.78, 5) is 26.0. The van der Waals surface area contributed by atoms with Crippen molar-refractivity contribution in [3.63, 3.8) is 0 Å². The summed E-state index contributed by atoms with van der Waals surface area (Å²) in [6.07, 6.45) is 6.57. The van der Waals surface area contributed by atoms with Gasteiger partial charge in [-0.05, 0) is 91.4 Å². The average molecular weight is 534 g/mol. The van der Waals surface area contributed by atoms with E-state index in [1.165, 1.54) is 11.9 Å². The van der Waals surface area contributed by atoms with Crippen molar-refractivity contribution in [1.29, 1.82) is 0 Å². The monoisotopic (exact) mass is 533 g/mol. The maximum atomic E-state index is 12.8. The Labute approximate surface area is 232 Å². The van der Waals surface area contributed by atoms with Gasteiger partial charge in [0.25, 0.3) is 0 Å². The summed E-state index contributed by atoms with van der Waals surface area (Å²) >= 11 is 0. The van der Waals surface area contributed by atoms with Gasteiger partial charge in [-0.25, -0.2) is 14.8 Å². The van der Waals surface area contributed by atoms with Crippen molar-refractivity contribution < 1.29 is 19.4 Å². The first-order valence-electron chi connectivity index (χ1n) is 13.4. The van der Waals surface area contributed by atoms with Crippen molar-refractivity contribution >= 4 is 27.6 Å². The second-order valence-electron chi connectivity index (χ2n) is 11.3. The highest BCUT2D eigenvalue weighted by molar-refractivity contribution is 6.10. The molecule has 0 fully saturated rings. The average Bonchev–Trinajstić information content (AvgIpc) is 2.92. The Morgan fingerprint density at radius 3 is 2.50 bits per heavy atom. The molecule has 0 amide bonds. The first-order valence-corrected chi connectivity index (χ1v) is 13.4. The number of hydrogen-bond acceptors (Lipinski definition) is 6. The Morgan fingerprint density at radius 2 is 1.77 bits per heavy atom. The molecule has 1 aliphatic rings. The summed E-state index contributed by atoms with van der Waals surface area (Å²) in [6, 6.07) is 12.2. The molecule has 0 bridgehead atoms. The zero-order valence-electron chi connectivity index (χ0n) is 23.3. The van der Waals surface area contributed by atoms with Crippen LogP contribution in [-0.2, 0) is 16.0 Å². The van der Waals surface area contributed by atoms with E-state index in [1.54, 1.807) is 12.4 Å². The van der Waals surface area contributed by atoms with E-state index >= 15 is 0 Å². The third-order valence-corrected chi connectivity index (χ3v) is 7.51. The molecule has 0 aliphatic carbocycles. The van der Waals surface area contributed by atoms with Crippen molar-refractivity contribution in [2.24, 2.45) is 0 Å². The molecule has 7 nitrogen and oxygen atoms in total. The number of hydrogen-bond donors (Lipinski definition) is 1. The lowest BCUT2D eigenvalue weighted by molar-refractivity contribution is -0.160. The smallest absolute Gasteiger partial charge is 0.337 e. The van der Waals surface area contributed by atoms with Crippen LogP contribution in [0, 0.1) is 13.8 Å². The summed E-state index contributed by atoms with van der Waals surface area (Å²) in [7, 11) is 0. The Morgan fingerprint density at radius 1 is 1.02 bits per heavy atom. The third kappa shape index (κ3) is 4.36. The number of nitrogens with zero attached hydrogens (tertiary/aromatic N) is 3. The molecule has 6 rings (SSSR count). The fraction of sp³-hybridized carbons (Fsp3) is 0.273. The Bertz CT molecular complexity index is 1780. The minimum atomic E-state index is -1.18. The molecule has 40 heavy (non-hydrogen) atoms. The molecule has 2 aromatic heterocycles. The van der Waals surface area contributed by atoms with E-state index in [0.717, 1.165) is 67.2 Å². The van der Waals surface area contributed by atoms with Crippen LogP contribution in [0.15, 0.2) is 61.3 Å². The van der Waals surface area contributed by atoms with Gasteiger partial charge in [0.1, 0.15) is 12.1 Å². The SMILES string of the molecule is Cc1cc2c(C)c(-c3cncnc3)ccc2c(-c2ccc3c4c(ccnc24)CCO3)c1C(OC(C)(C)C)C(=O)O. The van der Waals surface area contributed by atoms with Crippen molar-refractivity contribution in [1.82, 2.24) is 15.0 Å². The molecule has 1 unspecified atom stereocenters. The summed E-state index contributed by atoms with van der Waals surface area (Å²) in [5, 5.41) is 13.4. The maximum absolute atomic E-state index is 12.8. The molecule has 0 spiro atoms. The van der Waals surface area contributed by atoms with Gasteiger partial charge >= 0.3 is 5.97 Å². The number of aromatic nitrogens is 3. The number of pyridine rings is 1. The standard InChI is InChI=1S/C33H31N3O4/c1-18-14-25-19(2)22(21-15-34-17-35-16-21)6-7-23(25)29(27(18)31(32(37)38)40-33(3,4)5)24-8-9-26-28-20(11-13-39-26)10-12-36-30(24)28/h6-10,12,14-17,31H,11,13H2,1-5H3,(H,37,38). The van der Waals surface area contributed by atoms with Crippen molar-refractivity contribution in [2.45, 2.75) is 52.7 Å². The molecule has 1 N–H and O–H groups in total. The van der Waals surface area contributed by atoms with Gasteiger partial charge in [0, 0.05) is 47.1 Å². The molecule has 3 aromatic carbocycles. The third-order valence-electron chi connectivity index (χ3n) is 7.51. The van der Waals surface area contributed by atoms with E-state index < -0.39 is 17.7 Å². The summed E-state index contributed by atoms with van der Waals surface area (Å²) < 4.78 is 12.2. The van der Waals surface area contributed by atoms with Crippen LogP contribution in [0.2, 0.25) is 0 Å². The van der Waals surface area contributed by atoms with E-state index in [9.17, 15) is 9.90 Å². The minimum absolute atomic E-state index is 0.621. The molecule has 3 heterocycles. The number of rotatable bonds is 5. The van der Waals surface area contributed by atoms with Crippen LogP contribution in [0.5, 0.6) is 5.75 Å². The van der Waals surface area contributed by atoms with Gasteiger partial charge in [0.05, 0.1) is 17.7 Å². The predicted molar refractivity (Wildman–Crippen MR) is 156 cm³/mol. The Hall–Kier alpha value is -4.36. The number of ether oxygens (including phenoxy) is 2. The lowest BCUT2D eigenvalue weighted by Crippen LogP contribution is -2.28. The molecular weight excluding hydrogens is 502 g/mol. The zero-order valence-corrected chi connectivity index (χ0v) is 23.3. The first-order chi connectivity index (χ1) is 19.1. The van der Waals surface area contributed by atoms with Gasteiger partial charge in [0.2, 0.25) is 0 Å². The lowest BCUT2D eigenvalue weighted by atomic mass is 9.83. The summed E-state index contributed by atoms with van der Waals surface area (Å²) in [5.41, 5.74) is 7.42. The normalized spacial score (nSPS) is 13.8. The van der Waals surface area contributed by atoms with E-state index in [4.69, 9.17) is 14.5 Å². The van der Waals surface area contributed by atoms with Gasteiger partial charge in [-0.15, -0.1) is 0 Å². The van der Waals surface area contributed by atoms with Crippen LogP contribution >= 0.6 is 0 Å². The number of aliphatic carboxylic acids is 1. The molecule has 0 saturated carbocycles. The fourth-order valence-electron chi connectivity index (χ4n) is 5.84. The molecule has 0 saturated heterocycles. The minimum Gasteiger partial charge on any atom is -0.493 e. The number of benzene rings is 3. The van der Waals surface area contributed by atoms with E-state index in [0.29, 0.717) is 12.2 Å². The highest BCUT2D eigenvalue weighted by atomic mass is 16.5. The van der Waals surface area contributed by atoms with Gasteiger partial charge in [-0.3, -0.25) is 4.98 Å². The van der Waals surface area contributed by atoms with Crippen LogP contribution < -0.4 is 4.74 Å². The van der Waals surface area contributed by atoms with Crippen molar-refractivity contribution in [2.75, 3.05) is 6.61 Å². The quantitative estimate of drug-likeness (QED) is 0.260. The van der Waals surface area contributed by atoms with Crippen molar-refractivity contribution in [3.8, 4) is 28.0 Å². The van der Waals surface area contributed by atoms with Crippen LogP contribution in [0.4, 0.5) is 0 Å². The summed E-state index contributed by atoms with van der Waals surface area (Å²) in [6.45, 7) is 10.3. The number of carboxylic acids is 1. The van der Waals surface area contributed by atoms with Crippen LogP contribution in [0.1, 0.15) is 49.1 Å². The second-order valence-corrected chi connectivity index (χ2v) is 11.3. The molecule has 5 aromatic rings. The van der Waals surface area contributed by atoms with Crippen molar-refractivity contribution in [3.05, 3.63) is 83.6 Å². The number of carboxylic acid groups (broad SMARTS) is 1. The number of carbonyl (C=O) groups is 1. The molecule has 1 atom stereocenters. The van der Waals surface area contributed by atoms with E-state index in [2.05, 4.69) is 35.1 Å². The van der Waals surface area contributed by atoms with Crippen LogP contribution in [0.3, 0.4) is 0 Å². The van der Waals surface area contributed by atoms with E-state index in [-0.39, 0.29) is 0 Å². The number of fused-ring (bicyclic) bond motifs is 1. The second kappa shape index (κ2) is 9.68.